The number of hydrogen-bond donors (Lipinski definition) is 0. The van der Waals surface area contributed by atoms with Crippen LogP contribution in [0.1, 0.15) is 78.6 Å². The number of unbranched alkanes of at least 4 members (excludes halogenated alkanes) is 3. The van der Waals surface area contributed by atoms with Crippen LogP contribution in [0.25, 0.3) is 0 Å². The molecule has 0 saturated heterocycles. The van der Waals surface area contributed by atoms with Crippen LogP contribution in [0.2, 0.25) is 0 Å². The van der Waals surface area contributed by atoms with Gasteiger partial charge < -0.3 is 0 Å². The summed E-state index contributed by atoms with van der Waals surface area (Å²) in [5.41, 5.74) is 0.290. The van der Waals surface area contributed by atoms with Crippen LogP contribution in [0.15, 0.2) is 0 Å². The van der Waals surface area contributed by atoms with E-state index >= 15 is 0 Å². The fourth-order valence-electron chi connectivity index (χ4n) is 2.18. The van der Waals surface area contributed by atoms with E-state index in [-0.39, 0.29) is 5.60 Å². The Labute approximate surface area is 110 Å². The summed E-state index contributed by atoms with van der Waals surface area (Å²) in [6.07, 6.45) is 11.8. The van der Waals surface area contributed by atoms with Crippen LogP contribution in [0.4, 0.5) is 0 Å². The molecule has 0 rings (SSSR count). The van der Waals surface area contributed by atoms with Crippen molar-refractivity contribution in [3.05, 3.63) is 0 Å². The van der Waals surface area contributed by atoms with Gasteiger partial charge in [-0.05, 0) is 0 Å². The molecule has 0 saturated carbocycles. The van der Waals surface area contributed by atoms with Gasteiger partial charge in [0.05, 0.1) is 0 Å². The maximum absolute atomic E-state index is 6.05. The molecule has 0 aromatic rings. The van der Waals surface area contributed by atoms with E-state index in [1.807, 2.05) is 0 Å². The summed E-state index contributed by atoms with van der Waals surface area (Å²) >= 11 is 0.381. The van der Waals surface area contributed by atoms with Crippen molar-refractivity contribution in [2.75, 3.05) is 0 Å². The molecule has 0 amide bonds. The first kappa shape index (κ1) is 15.8. The van der Waals surface area contributed by atoms with E-state index in [2.05, 4.69) is 20.8 Å². The van der Waals surface area contributed by atoms with E-state index in [0.717, 1.165) is 0 Å². The molecule has 0 fully saturated rings. The zero-order valence-corrected chi connectivity index (χ0v) is 17.0. The van der Waals surface area contributed by atoms with Gasteiger partial charge in [-0.2, -0.15) is 0 Å². The van der Waals surface area contributed by atoms with Crippen molar-refractivity contribution in [2.24, 2.45) is 0 Å². The van der Waals surface area contributed by atoms with Gasteiger partial charge in [-0.3, -0.25) is 0 Å². The molecule has 0 N–H and O–H groups in total. The molecule has 0 aromatic heterocycles. The van der Waals surface area contributed by atoms with Crippen molar-refractivity contribution in [2.45, 2.75) is 84.2 Å². The van der Waals surface area contributed by atoms with Crippen LogP contribution in [-0.2, 0) is 3.07 Å². The molecular formula is C13H30OSn. The van der Waals surface area contributed by atoms with Crippen molar-refractivity contribution in [1.82, 2.24) is 0 Å². The standard InChI is InChI=1S/C13H27O.Sn.3H/c1-4-7-10-13(14,11-8-5-2)12-9-6-3;;;;/h4-12H2,1-3H3;;;;/q-1;+1;;;. The van der Waals surface area contributed by atoms with E-state index in [9.17, 15) is 0 Å². The van der Waals surface area contributed by atoms with Gasteiger partial charge in [-0.25, -0.2) is 0 Å². The quantitative estimate of drug-likeness (QED) is 0.559. The zero-order valence-electron chi connectivity index (χ0n) is 11.3. The Balaban J connectivity index is 4.16. The molecule has 0 aromatic carbocycles. The van der Waals surface area contributed by atoms with Gasteiger partial charge in [0, 0.05) is 0 Å². The Morgan fingerprint density at radius 2 is 1.13 bits per heavy atom. The Morgan fingerprint density at radius 3 is 1.33 bits per heavy atom. The average Bonchev–Trinajstić information content (AvgIpc) is 2.29. The maximum atomic E-state index is 6.05. The second kappa shape index (κ2) is 9.95. The molecule has 92 valence electrons. The normalized spacial score (nSPS) is 12.2. The number of hydrogen-bond acceptors (Lipinski definition) is 1. The molecule has 0 aliphatic rings. The summed E-state index contributed by atoms with van der Waals surface area (Å²) in [5.74, 6) is 0. The second-order valence-corrected chi connectivity index (χ2v) is 5.86. The molecule has 0 heterocycles. The first-order valence-corrected chi connectivity index (χ1v) is 9.12. The van der Waals surface area contributed by atoms with Crippen LogP contribution in [0.3, 0.4) is 0 Å². The van der Waals surface area contributed by atoms with E-state index < -0.39 is 0 Å². The van der Waals surface area contributed by atoms with E-state index in [1.165, 1.54) is 57.8 Å². The molecule has 0 radical (unpaired) electrons. The molecule has 0 bridgehead atoms. The van der Waals surface area contributed by atoms with Crippen LogP contribution in [-0.4, -0.2) is 28.5 Å². The Bertz CT molecular complexity index is 115. The summed E-state index contributed by atoms with van der Waals surface area (Å²) in [6.45, 7) is 6.84. The van der Waals surface area contributed by atoms with Gasteiger partial charge in [0.25, 0.3) is 0 Å². The molecule has 0 spiro atoms. The summed E-state index contributed by atoms with van der Waals surface area (Å²) < 4.78 is 6.05. The summed E-state index contributed by atoms with van der Waals surface area (Å²) in [4.78, 5) is 0. The third-order valence-corrected chi connectivity index (χ3v) is 5.86. The van der Waals surface area contributed by atoms with E-state index in [0.29, 0.717) is 22.9 Å². The molecule has 1 nitrogen and oxygen atoms in total. The Morgan fingerprint density at radius 1 is 0.800 bits per heavy atom. The minimum atomic E-state index is 0.290. The monoisotopic (exact) mass is 322 g/mol. The zero-order chi connectivity index (χ0) is 11.6. The summed E-state index contributed by atoms with van der Waals surface area (Å²) in [7, 11) is 0. The molecule has 0 unspecified atom stereocenters. The molecule has 2 heteroatoms. The Hall–Kier alpha value is 0.759. The van der Waals surface area contributed by atoms with Crippen molar-refractivity contribution in [1.29, 1.82) is 0 Å². The molecule has 0 aliphatic carbocycles. The fraction of sp³-hybridized carbons (Fsp3) is 1.00. The fourth-order valence-corrected chi connectivity index (χ4v) is 3.93. The van der Waals surface area contributed by atoms with Crippen molar-refractivity contribution >= 4 is 22.9 Å². The van der Waals surface area contributed by atoms with Crippen LogP contribution in [0.5, 0.6) is 0 Å². The predicted molar refractivity (Wildman–Crippen MR) is 72.3 cm³/mol. The minimum absolute atomic E-state index is 0.290. The van der Waals surface area contributed by atoms with E-state index in [4.69, 9.17) is 3.07 Å². The van der Waals surface area contributed by atoms with Crippen molar-refractivity contribution in [3.63, 3.8) is 0 Å². The topological polar surface area (TPSA) is 9.23 Å². The van der Waals surface area contributed by atoms with Crippen molar-refractivity contribution in [3.8, 4) is 0 Å². The molecule has 0 aliphatic heterocycles. The number of rotatable bonds is 10. The van der Waals surface area contributed by atoms with Gasteiger partial charge in [-0.15, -0.1) is 0 Å². The van der Waals surface area contributed by atoms with Gasteiger partial charge in [0.15, 0.2) is 0 Å². The van der Waals surface area contributed by atoms with Gasteiger partial charge in [-0.1, -0.05) is 0 Å². The van der Waals surface area contributed by atoms with Crippen LogP contribution in [0, 0.1) is 0 Å². The predicted octanol–water partition coefficient (Wildman–Crippen LogP) is 3.59. The van der Waals surface area contributed by atoms with E-state index in [1.54, 1.807) is 0 Å². The SMILES string of the molecule is CCCCC(CCCC)(CCCC)[O][SnH3]. The van der Waals surface area contributed by atoms with Gasteiger partial charge >= 0.3 is 110 Å². The molecule has 0 atom stereocenters. The summed E-state index contributed by atoms with van der Waals surface area (Å²) in [6, 6.07) is 0. The average molecular weight is 321 g/mol. The van der Waals surface area contributed by atoms with Gasteiger partial charge in [0.2, 0.25) is 0 Å². The Kier molecular flexibility index (Phi) is 10.5. The van der Waals surface area contributed by atoms with Crippen LogP contribution < -0.4 is 0 Å². The van der Waals surface area contributed by atoms with Gasteiger partial charge in [0.1, 0.15) is 0 Å². The third kappa shape index (κ3) is 6.83. The van der Waals surface area contributed by atoms with Crippen LogP contribution >= 0.6 is 0 Å². The third-order valence-electron chi connectivity index (χ3n) is 3.39. The second-order valence-electron chi connectivity index (χ2n) is 4.70. The van der Waals surface area contributed by atoms with Crippen molar-refractivity contribution < 1.29 is 3.07 Å². The summed E-state index contributed by atoms with van der Waals surface area (Å²) in [5, 5.41) is 0. The molecular weight excluding hydrogens is 291 g/mol. The first-order chi connectivity index (χ1) is 7.24. The first-order valence-electron chi connectivity index (χ1n) is 6.79. The molecule has 15 heavy (non-hydrogen) atoms.